The zero-order chi connectivity index (χ0) is 26.2. The summed E-state index contributed by atoms with van der Waals surface area (Å²) in [5, 5.41) is 50.5. The summed E-state index contributed by atoms with van der Waals surface area (Å²) in [4.78, 5) is 26.1. The van der Waals surface area contributed by atoms with Crippen molar-refractivity contribution in [2.24, 2.45) is 9.98 Å². The molecule has 0 heterocycles. The molecule has 202 valence electrons. The van der Waals surface area contributed by atoms with Gasteiger partial charge in [-0.3, -0.25) is 19.6 Å². The second kappa shape index (κ2) is 28.5. The zero-order valence-electron chi connectivity index (χ0n) is 20.2. The average molecular weight is 588 g/mol. The normalized spacial score (nSPS) is 9.22. The van der Waals surface area contributed by atoms with Crippen LogP contribution in [0.1, 0.15) is 37.8 Å². The van der Waals surface area contributed by atoms with Gasteiger partial charge in [0.1, 0.15) is 11.5 Å². The van der Waals surface area contributed by atoms with Crippen molar-refractivity contribution in [3.05, 3.63) is 59.7 Å². The van der Waals surface area contributed by atoms with Crippen molar-refractivity contribution in [1.29, 1.82) is 0 Å². The number of phenols is 2. The van der Waals surface area contributed by atoms with Crippen molar-refractivity contribution in [2.75, 3.05) is 26.3 Å². The van der Waals surface area contributed by atoms with Crippen LogP contribution in [0, 0.1) is 0 Å². The SMILES string of the molecule is CC(=O)O.CC(=O)O.OCCCN=Cc1ccccc1O.OCCCN=Cc1ccccc1O.[Mn].[Mn]. The van der Waals surface area contributed by atoms with Gasteiger partial charge in [0.2, 0.25) is 0 Å². The van der Waals surface area contributed by atoms with E-state index in [1.54, 1.807) is 48.8 Å². The Labute approximate surface area is 232 Å². The summed E-state index contributed by atoms with van der Waals surface area (Å²) in [6.07, 6.45) is 4.55. The number of aliphatic carboxylic acids is 2. The predicted molar refractivity (Wildman–Crippen MR) is 131 cm³/mol. The summed E-state index contributed by atoms with van der Waals surface area (Å²) in [5.74, 6) is -1.20. The molecule has 0 unspecified atom stereocenters. The van der Waals surface area contributed by atoms with Crippen LogP contribution in [0.15, 0.2) is 58.5 Å². The molecule has 0 spiro atoms. The molecule has 0 atom stereocenters. The smallest absolute Gasteiger partial charge is 0.300 e. The molecule has 6 N–H and O–H groups in total. The number of carboxylic acids is 2. The summed E-state index contributed by atoms with van der Waals surface area (Å²) in [6, 6.07) is 14.0. The number of carboxylic acid groups (broad SMARTS) is 2. The predicted octanol–water partition coefficient (Wildman–Crippen LogP) is 2.56. The van der Waals surface area contributed by atoms with E-state index >= 15 is 0 Å². The summed E-state index contributed by atoms with van der Waals surface area (Å²) in [7, 11) is 0. The second-order valence-electron chi connectivity index (χ2n) is 6.38. The third-order valence-corrected chi connectivity index (χ3v) is 3.22. The first kappa shape index (κ1) is 40.4. The van der Waals surface area contributed by atoms with Crippen LogP contribution in [0.5, 0.6) is 11.5 Å². The molecule has 12 heteroatoms. The quantitative estimate of drug-likeness (QED) is 0.155. The number of benzene rings is 2. The number of aliphatic imine (C=N–C) groups is 2. The fourth-order valence-electron chi connectivity index (χ4n) is 1.84. The van der Waals surface area contributed by atoms with Gasteiger partial charge in [-0.2, -0.15) is 0 Å². The molecule has 0 aliphatic carbocycles. The zero-order valence-corrected chi connectivity index (χ0v) is 22.5. The van der Waals surface area contributed by atoms with Gasteiger partial charge in [0, 0.05) is 97.8 Å². The Balaban J connectivity index is -0.000000211. The fraction of sp³-hybridized carbons (Fsp3) is 0.333. The van der Waals surface area contributed by atoms with Crippen LogP contribution >= 0.6 is 0 Å². The molecule has 0 bridgehead atoms. The Kier molecular flexibility index (Phi) is 32.0. The van der Waals surface area contributed by atoms with Gasteiger partial charge in [-0.25, -0.2) is 0 Å². The molecule has 2 aromatic rings. The third-order valence-electron chi connectivity index (χ3n) is 3.22. The van der Waals surface area contributed by atoms with Crippen molar-refractivity contribution >= 4 is 24.4 Å². The summed E-state index contributed by atoms with van der Waals surface area (Å²) >= 11 is 0. The molecule has 2 rings (SSSR count). The summed E-state index contributed by atoms with van der Waals surface area (Å²) in [6.45, 7) is 3.64. The maximum Gasteiger partial charge on any atom is 0.300 e. The van der Waals surface area contributed by atoms with Crippen molar-refractivity contribution in [3.63, 3.8) is 0 Å². The van der Waals surface area contributed by atoms with E-state index in [0.29, 0.717) is 37.1 Å². The fourth-order valence-corrected chi connectivity index (χ4v) is 1.84. The first-order chi connectivity index (χ1) is 16.1. The van der Waals surface area contributed by atoms with Crippen LogP contribution in [-0.2, 0) is 43.7 Å². The Hall–Kier alpha value is -2.72. The van der Waals surface area contributed by atoms with E-state index < -0.39 is 11.9 Å². The molecule has 0 saturated heterocycles. The second-order valence-corrected chi connectivity index (χ2v) is 6.38. The van der Waals surface area contributed by atoms with Crippen molar-refractivity contribution in [2.45, 2.75) is 26.7 Å². The largest absolute Gasteiger partial charge is 0.507 e. The van der Waals surface area contributed by atoms with Gasteiger partial charge >= 0.3 is 0 Å². The number of hydrogen-bond acceptors (Lipinski definition) is 8. The van der Waals surface area contributed by atoms with Crippen molar-refractivity contribution < 1.29 is 74.4 Å². The molecule has 0 aliphatic rings. The Bertz CT molecular complexity index is 801. The van der Waals surface area contributed by atoms with E-state index in [9.17, 15) is 10.2 Å². The average Bonchev–Trinajstić information content (AvgIpc) is 2.76. The van der Waals surface area contributed by atoms with Gasteiger partial charge in [0.05, 0.1) is 0 Å². The third kappa shape index (κ3) is 29.3. The number of nitrogens with zero attached hydrogens (tertiary/aromatic N) is 2. The number of para-hydroxylation sites is 2. The van der Waals surface area contributed by atoms with E-state index in [1.807, 2.05) is 12.1 Å². The molecular formula is C24H34Mn2N2O8. The van der Waals surface area contributed by atoms with E-state index in [1.165, 1.54) is 0 Å². The van der Waals surface area contributed by atoms with Crippen LogP contribution < -0.4 is 0 Å². The number of aliphatic hydroxyl groups excluding tert-OH is 2. The summed E-state index contributed by atoms with van der Waals surface area (Å²) < 4.78 is 0. The van der Waals surface area contributed by atoms with Gasteiger partial charge in [-0.1, -0.05) is 24.3 Å². The van der Waals surface area contributed by atoms with Crippen LogP contribution in [0.4, 0.5) is 0 Å². The molecule has 0 aromatic heterocycles. The molecular weight excluding hydrogens is 554 g/mol. The van der Waals surface area contributed by atoms with Crippen LogP contribution in [-0.4, -0.2) is 81.3 Å². The minimum Gasteiger partial charge on any atom is -0.507 e. The summed E-state index contributed by atoms with van der Waals surface area (Å²) in [5.41, 5.74) is 1.42. The molecule has 0 aliphatic heterocycles. The van der Waals surface area contributed by atoms with Gasteiger partial charge in [-0.15, -0.1) is 0 Å². The van der Waals surface area contributed by atoms with Gasteiger partial charge in [0.15, 0.2) is 0 Å². The molecule has 36 heavy (non-hydrogen) atoms. The number of carbonyl (C=O) groups is 2. The minimum atomic E-state index is -0.833. The maximum atomic E-state index is 9.33. The van der Waals surface area contributed by atoms with Crippen LogP contribution in [0.25, 0.3) is 0 Å². The van der Waals surface area contributed by atoms with E-state index in [2.05, 4.69) is 9.98 Å². The number of aromatic hydroxyl groups is 2. The molecule has 0 amide bonds. The number of rotatable bonds is 8. The van der Waals surface area contributed by atoms with E-state index in [4.69, 9.17) is 30.0 Å². The van der Waals surface area contributed by atoms with Crippen LogP contribution in [0.2, 0.25) is 0 Å². The molecule has 0 saturated carbocycles. The monoisotopic (exact) mass is 588 g/mol. The molecule has 10 nitrogen and oxygen atoms in total. The number of hydrogen-bond donors (Lipinski definition) is 6. The van der Waals surface area contributed by atoms with E-state index in [0.717, 1.165) is 13.8 Å². The van der Waals surface area contributed by atoms with Gasteiger partial charge < -0.3 is 30.6 Å². The Morgan fingerprint density at radius 2 is 0.972 bits per heavy atom. The molecule has 2 aromatic carbocycles. The Morgan fingerprint density at radius 1 is 0.694 bits per heavy atom. The minimum absolute atomic E-state index is 0. The first-order valence-electron chi connectivity index (χ1n) is 10.3. The standard InChI is InChI=1S/2C10H13NO2.2C2H4O2.2Mn/c2*12-7-3-6-11-8-9-4-1-2-5-10(9)13;2*1-2(3)4;;/h2*1-2,4-5,8,12-13H,3,6-7H2;2*1H3,(H,3,4);;. The van der Waals surface area contributed by atoms with Crippen molar-refractivity contribution in [3.8, 4) is 11.5 Å². The number of aliphatic hydroxyl groups is 2. The maximum absolute atomic E-state index is 9.33. The topological polar surface area (TPSA) is 180 Å². The Morgan fingerprint density at radius 3 is 1.22 bits per heavy atom. The van der Waals surface area contributed by atoms with Crippen molar-refractivity contribution in [1.82, 2.24) is 0 Å². The van der Waals surface area contributed by atoms with Gasteiger partial charge in [0.25, 0.3) is 11.9 Å². The van der Waals surface area contributed by atoms with E-state index in [-0.39, 0.29) is 58.9 Å². The van der Waals surface area contributed by atoms with Gasteiger partial charge in [-0.05, 0) is 37.1 Å². The molecule has 2 radical (unpaired) electrons. The first-order valence-corrected chi connectivity index (χ1v) is 10.3. The number of phenolic OH excluding ortho intramolecular Hbond substituents is 2. The molecule has 0 fully saturated rings. The van der Waals surface area contributed by atoms with Crippen LogP contribution in [0.3, 0.4) is 0 Å².